The van der Waals surface area contributed by atoms with Gasteiger partial charge in [0.2, 0.25) is 0 Å². The molecule has 3 saturated carbocycles. The molecule has 0 saturated heterocycles. The van der Waals surface area contributed by atoms with Crippen molar-refractivity contribution in [2.45, 2.75) is 84.8 Å². The Morgan fingerprint density at radius 2 is 2.00 bits per heavy atom. The predicted molar refractivity (Wildman–Crippen MR) is 125 cm³/mol. The number of allylic oxidation sites excluding steroid dienone is 3. The Bertz CT molecular complexity index is 734. The fourth-order valence-corrected chi connectivity index (χ4v) is 6.91. The molecule has 0 radical (unpaired) electrons. The van der Waals surface area contributed by atoms with Crippen molar-refractivity contribution in [3.63, 3.8) is 0 Å². The maximum Gasteiger partial charge on any atom is 0.155 e. The summed E-state index contributed by atoms with van der Waals surface area (Å²) in [6.07, 6.45) is 10.2. The zero-order valence-electron chi connectivity index (χ0n) is 19.9. The number of hydrogen-bond donors (Lipinski definition) is 2. The summed E-state index contributed by atoms with van der Waals surface area (Å²) in [7, 11) is 0. The van der Waals surface area contributed by atoms with E-state index in [-0.39, 0.29) is 17.8 Å². The molecule has 3 rings (SSSR count). The lowest BCUT2D eigenvalue weighted by atomic mass is 9.55. The Balaban J connectivity index is 1.82. The average molecular weight is 431 g/mol. The van der Waals surface area contributed by atoms with Crippen LogP contribution in [0, 0.1) is 29.1 Å². The zero-order valence-corrected chi connectivity index (χ0v) is 19.9. The first-order chi connectivity index (χ1) is 14.7. The van der Waals surface area contributed by atoms with Crippen molar-refractivity contribution in [1.82, 2.24) is 0 Å². The highest BCUT2D eigenvalue weighted by molar-refractivity contribution is 5.76. The van der Waals surface area contributed by atoms with Crippen LogP contribution >= 0.6 is 0 Å². The fourth-order valence-electron chi connectivity index (χ4n) is 6.91. The molecule has 2 N–H and O–H groups in total. The Morgan fingerprint density at radius 1 is 1.26 bits per heavy atom. The second kappa shape index (κ2) is 10.1. The normalized spacial score (nSPS) is 37.5. The highest BCUT2D eigenvalue weighted by Gasteiger charge is 2.55. The molecule has 4 heteroatoms. The van der Waals surface area contributed by atoms with E-state index in [0.29, 0.717) is 43.1 Å². The molecule has 3 aliphatic rings. The number of rotatable bonds is 7. The van der Waals surface area contributed by atoms with Crippen LogP contribution < -0.4 is 0 Å². The molecule has 0 aromatic carbocycles. The van der Waals surface area contributed by atoms with E-state index >= 15 is 0 Å². The fraction of sp³-hybridized carbons (Fsp3) is 0.741. The van der Waals surface area contributed by atoms with Gasteiger partial charge < -0.3 is 14.9 Å². The van der Waals surface area contributed by atoms with E-state index in [1.165, 1.54) is 31.3 Å². The lowest BCUT2D eigenvalue weighted by Crippen LogP contribution is -2.43. The lowest BCUT2D eigenvalue weighted by molar-refractivity contribution is -0.122. The first-order valence-corrected chi connectivity index (χ1v) is 12.2. The molecule has 0 bridgehead atoms. The predicted octanol–water partition coefficient (Wildman–Crippen LogP) is 5.01. The van der Waals surface area contributed by atoms with Crippen molar-refractivity contribution in [2.75, 3.05) is 13.2 Å². The van der Waals surface area contributed by atoms with Gasteiger partial charge in [-0.15, -0.1) is 0 Å². The molecule has 31 heavy (non-hydrogen) atoms. The SMILES string of the molecule is C=C1/C(=C\C=C2/CCC[C@]3(C(C)C)[C@@H]([C@H](C)COCC(C)=O)CC[C@@H]23)C[C@@H](O)C[C@@H]1O. The number of ketones is 1. The van der Waals surface area contributed by atoms with Crippen molar-refractivity contribution >= 4 is 5.78 Å². The number of aliphatic hydroxyl groups is 2. The molecule has 0 amide bonds. The summed E-state index contributed by atoms with van der Waals surface area (Å²) in [5, 5.41) is 20.2. The van der Waals surface area contributed by atoms with Crippen LogP contribution in [0.5, 0.6) is 0 Å². The number of Topliss-reactive ketones (excluding diaryl/α,β-unsaturated/α-hetero) is 1. The third-order valence-corrected chi connectivity index (χ3v) is 8.34. The van der Waals surface area contributed by atoms with Crippen LogP contribution in [0.15, 0.2) is 35.5 Å². The Hall–Kier alpha value is -1.23. The quantitative estimate of drug-likeness (QED) is 0.596. The molecule has 0 aromatic rings. The Kier molecular flexibility index (Phi) is 7.99. The molecule has 0 aromatic heterocycles. The van der Waals surface area contributed by atoms with Gasteiger partial charge in [0.15, 0.2) is 5.78 Å². The van der Waals surface area contributed by atoms with Crippen LogP contribution in [0.1, 0.15) is 72.6 Å². The second-order valence-electron chi connectivity index (χ2n) is 10.6. The molecule has 174 valence electrons. The Morgan fingerprint density at radius 3 is 2.68 bits per heavy atom. The molecular weight excluding hydrogens is 388 g/mol. The first kappa shape index (κ1) is 24.4. The molecule has 0 heterocycles. The van der Waals surface area contributed by atoms with Crippen molar-refractivity contribution in [3.8, 4) is 0 Å². The number of carbonyl (C=O) groups is 1. The van der Waals surface area contributed by atoms with Crippen LogP contribution in [0.25, 0.3) is 0 Å². The molecular formula is C27H42O4. The van der Waals surface area contributed by atoms with Crippen LogP contribution in [0.4, 0.5) is 0 Å². The molecule has 4 nitrogen and oxygen atoms in total. The highest BCUT2D eigenvalue weighted by atomic mass is 16.5. The molecule has 0 unspecified atom stereocenters. The van der Waals surface area contributed by atoms with Gasteiger partial charge >= 0.3 is 0 Å². The summed E-state index contributed by atoms with van der Waals surface area (Å²) in [4.78, 5) is 11.3. The minimum atomic E-state index is -0.638. The van der Waals surface area contributed by atoms with E-state index in [1.54, 1.807) is 6.92 Å². The van der Waals surface area contributed by atoms with Crippen LogP contribution in [0.3, 0.4) is 0 Å². The van der Waals surface area contributed by atoms with Gasteiger partial charge in [-0.2, -0.15) is 0 Å². The number of aliphatic hydroxyl groups excluding tert-OH is 2. The third kappa shape index (κ3) is 5.07. The van der Waals surface area contributed by atoms with Crippen molar-refractivity contribution < 1.29 is 19.7 Å². The lowest BCUT2D eigenvalue weighted by Gasteiger charge is -2.50. The van der Waals surface area contributed by atoms with Crippen LogP contribution in [-0.2, 0) is 9.53 Å². The molecule has 0 aliphatic heterocycles. The number of carbonyl (C=O) groups excluding carboxylic acids is 1. The maximum absolute atomic E-state index is 11.3. The summed E-state index contributed by atoms with van der Waals surface area (Å²) >= 11 is 0. The monoisotopic (exact) mass is 430 g/mol. The van der Waals surface area contributed by atoms with Gasteiger partial charge in [-0.1, -0.05) is 45.1 Å². The zero-order chi connectivity index (χ0) is 22.8. The first-order valence-electron chi connectivity index (χ1n) is 12.2. The van der Waals surface area contributed by atoms with E-state index in [4.69, 9.17) is 4.74 Å². The smallest absolute Gasteiger partial charge is 0.155 e. The van der Waals surface area contributed by atoms with Crippen molar-refractivity contribution in [2.24, 2.45) is 29.1 Å². The van der Waals surface area contributed by atoms with E-state index in [9.17, 15) is 15.0 Å². The van der Waals surface area contributed by atoms with E-state index < -0.39 is 12.2 Å². The molecule has 6 atom stereocenters. The van der Waals surface area contributed by atoms with Gasteiger partial charge in [0.25, 0.3) is 0 Å². The largest absolute Gasteiger partial charge is 0.393 e. The summed E-state index contributed by atoms with van der Waals surface area (Å²) in [5.41, 5.74) is 3.55. The molecule has 3 fully saturated rings. The van der Waals surface area contributed by atoms with Crippen molar-refractivity contribution in [1.29, 1.82) is 0 Å². The van der Waals surface area contributed by atoms with Crippen molar-refractivity contribution in [3.05, 3.63) is 35.5 Å². The summed E-state index contributed by atoms with van der Waals surface area (Å²) in [6.45, 7) is 13.6. The van der Waals surface area contributed by atoms with Crippen LogP contribution in [0.2, 0.25) is 0 Å². The summed E-state index contributed by atoms with van der Waals surface area (Å²) in [5.74, 6) is 2.29. The standard InChI is InChI=1S/C27H42O4/c1-17(2)27-12-6-7-21(8-9-22-13-23(29)14-26(30)20(22)5)25(27)11-10-24(27)18(3)15-31-16-19(4)28/h8-9,17-18,23-26,29-30H,5-7,10-16H2,1-4H3/b21-8+,22-9-/t18-,23-,24-,25+,26+,27+/m1/s1. The number of hydrogen-bond acceptors (Lipinski definition) is 4. The van der Waals surface area contributed by atoms with Gasteiger partial charge in [-0.3, -0.25) is 4.79 Å². The molecule has 0 spiro atoms. The van der Waals surface area contributed by atoms with Gasteiger partial charge in [0.1, 0.15) is 6.61 Å². The van der Waals surface area contributed by atoms with Gasteiger partial charge in [0, 0.05) is 6.42 Å². The Labute approximate surface area is 188 Å². The minimum absolute atomic E-state index is 0.0885. The van der Waals surface area contributed by atoms with E-state index in [2.05, 4.69) is 39.5 Å². The van der Waals surface area contributed by atoms with Gasteiger partial charge in [-0.05, 0) is 85.7 Å². The highest BCUT2D eigenvalue weighted by Crippen LogP contribution is 2.63. The topological polar surface area (TPSA) is 66.8 Å². The van der Waals surface area contributed by atoms with E-state index in [1.807, 2.05) is 0 Å². The maximum atomic E-state index is 11.3. The average Bonchev–Trinajstić information content (AvgIpc) is 3.11. The van der Waals surface area contributed by atoms with Gasteiger partial charge in [0.05, 0.1) is 18.8 Å². The summed E-state index contributed by atoms with van der Waals surface area (Å²) in [6, 6.07) is 0. The van der Waals surface area contributed by atoms with Gasteiger partial charge in [-0.25, -0.2) is 0 Å². The minimum Gasteiger partial charge on any atom is -0.393 e. The number of ether oxygens (including phenoxy) is 1. The molecule has 3 aliphatic carbocycles. The number of fused-ring (bicyclic) bond motifs is 1. The third-order valence-electron chi connectivity index (χ3n) is 8.34. The second-order valence-corrected chi connectivity index (χ2v) is 10.6. The summed E-state index contributed by atoms with van der Waals surface area (Å²) < 4.78 is 5.73. The van der Waals surface area contributed by atoms with E-state index in [0.717, 1.165) is 17.6 Å². The van der Waals surface area contributed by atoms with Crippen LogP contribution in [-0.4, -0.2) is 41.4 Å².